The van der Waals surface area contributed by atoms with E-state index in [2.05, 4.69) is 15.9 Å². The molecule has 2 N–H and O–H groups in total. The monoisotopic (exact) mass is 367 g/mol. The number of halogens is 1. The Labute approximate surface area is 130 Å². The van der Waals surface area contributed by atoms with E-state index >= 15 is 0 Å². The minimum absolute atomic E-state index is 0.153. The van der Waals surface area contributed by atoms with Gasteiger partial charge >= 0.3 is 17.9 Å². The number of esters is 3. The van der Waals surface area contributed by atoms with Crippen LogP contribution in [0.3, 0.4) is 0 Å². The Kier molecular flexibility index (Phi) is 6.56. The molecule has 1 aliphatic heterocycles. The maximum atomic E-state index is 11.2. The lowest BCUT2D eigenvalue weighted by Gasteiger charge is -2.42. The van der Waals surface area contributed by atoms with Gasteiger partial charge in [0.25, 0.3) is 0 Å². The van der Waals surface area contributed by atoms with Crippen LogP contribution in [-0.2, 0) is 33.3 Å². The van der Waals surface area contributed by atoms with Crippen molar-refractivity contribution in [2.45, 2.75) is 50.1 Å². The molecule has 1 aliphatic rings. The molecule has 8 nitrogen and oxygen atoms in total. The van der Waals surface area contributed by atoms with Crippen LogP contribution in [0, 0.1) is 0 Å². The zero-order chi connectivity index (χ0) is 16.2. The fraction of sp³-hybridized carbons (Fsp3) is 0.750. The zero-order valence-corrected chi connectivity index (χ0v) is 13.5. The van der Waals surface area contributed by atoms with Gasteiger partial charge in [-0.05, 0) is 0 Å². The van der Waals surface area contributed by atoms with Crippen molar-refractivity contribution >= 4 is 33.8 Å². The Morgan fingerprint density at radius 3 is 2.05 bits per heavy atom. The number of carbonyl (C=O) groups excluding carboxylic acids is 3. The maximum Gasteiger partial charge on any atom is 0.303 e. The largest absolute Gasteiger partial charge is 0.463 e. The van der Waals surface area contributed by atoms with E-state index < -0.39 is 47.3 Å². The van der Waals surface area contributed by atoms with Crippen molar-refractivity contribution in [3.05, 3.63) is 0 Å². The van der Waals surface area contributed by atoms with Gasteiger partial charge in [0.2, 0.25) is 0 Å². The predicted octanol–water partition coefficient (Wildman–Crippen LogP) is -0.140. The molecule has 3 unspecified atom stereocenters. The van der Waals surface area contributed by atoms with Crippen molar-refractivity contribution in [3.63, 3.8) is 0 Å². The number of rotatable bonds is 4. The van der Waals surface area contributed by atoms with Crippen LogP contribution in [0.5, 0.6) is 0 Å². The summed E-state index contributed by atoms with van der Waals surface area (Å²) < 4.78 is 20.7. The number of hydrogen-bond donors (Lipinski definition) is 1. The van der Waals surface area contributed by atoms with Crippen LogP contribution in [0.15, 0.2) is 0 Å². The van der Waals surface area contributed by atoms with E-state index in [1.54, 1.807) is 0 Å². The first-order valence-electron chi connectivity index (χ1n) is 6.25. The molecule has 1 saturated heterocycles. The lowest BCUT2D eigenvalue weighted by Crippen LogP contribution is -2.62. The standard InChI is InChI=1S/C12H18BrNO7/c1-5(15)18-4-8-10(19-6(2)16)11(20-7(3)17)9(14)12(13)21-8/h8-12H,4,14H2,1-3H3/t8?,9?,10-,11?,12+/m1/s1. The van der Waals surface area contributed by atoms with Crippen molar-refractivity contribution in [2.75, 3.05) is 6.61 Å². The minimum atomic E-state index is -0.963. The second-order valence-electron chi connectivity index (χ2n) is 4.55. The van der Waals surface area contributed by atoms with Gasteiger partial charge in [0.05, 0.1) is 6.04 Å². The van der Waals surface area contributed by atoms with E-state index in [0.717, 1.165) is 0 Å². The molecule has 1 fully saturated rings. The van der Waals surface area contributed by atoms with Gasteiger partial charge in [-0.15, -0.1) is 0 Å². The van der Waals surface area contributed by atoms with Crippen LogP contribution < -0.4 is 5.73 Å². The summed E-state index contributed by atoms with van der Waals surface area (Å²) in [6.45, 7) is 3.52. The van der Waals surface area contributed by atoms with Crippen molar-refractivity contribution in [3.8, 4) is 0 Å². The highest BCUT2D eigenvalue weighted by Gasteiger charge is 2.47. The zero-order valence-electron chi connectivity index (χ0n) is 11.9. The van der Waals surface area contributed by atoms with Gasteiger partial charge in [0.15, 0.2) is 12.2 Å². The Morgan fingerprint density at radius 2 is 1.57 bits per heavy atom. The summed E-state index contributed by atoms with van der Waals surface area (Å²) in [6.07, 6.45) is -2.68. The maximum absolute atomic E-state index is 11.2. The van der Waals surface area contributed by atoms with Crippen molar-refractivity contribution < 1.29 is 33.3 Å². The molecule has 0 bridgehead atoms. The Morgan fingerprint density at radius 1 is 1.05 bits per heavy atom. The van der Waals surface area contributed by atoms with Crippen LogP contribution in [0.25, 0.3) is 0 Å². The third-order valence-electron chi connectivity index (χ3n) is 2.73. The fourth-order valence-electron chi connectivity index (χ4n) is 1.92. The molecule has 0 saturated carbocycles. The summed E-state index contributed by atoms with van der Waals surface area (Å²) in [5.74, 6) is -1.67. The molecule has 0 radical (unpaired) electrons. The summed E-state index contributed by atoms with van der Waals surface area (Å²) in [7, 11) is 0. The number of nitrogens with two attached hydrogens (primary N) is 1. The molecule has 0 aromatic carbocycles. The average Bonchev–Trinajstić information content (AvgIpc) is 2.35. The summed E-state index contributed by atoms with van der Waals surface area (Å²) >= 11 is 3.21. The molecule has 0 aliphatic carbocycles. The van der Waals surface area contributed by atoms with Gasteiger partial charge in [-0.1, -0.05) is 15.9 Å². The highest BCUT2D eigenvalue weighted by atomic mass is 79.9. The SMILES string of the molecule is CC(=O)OCC1O[C@H](Br)C(N)C(OC(C)=O)[C@@H]1OC(C)=O. The molecule has 120 valence electrons. The van der Waals surface area contributed by atoms with Gasteiger partial charge in [0, 0.05) is 20.8 Å². The molecule has 9 heteroatoms. The van der Waals surface area contributed by atoms with Gasteiger partial charge in [-0.3, -0.25) is 14.4 Å². The normalized spacial score (nSPS) is 32.1. The van der Waals surface area contributed by atoms with E-state index in [9.17, 15) is 14.4 Å². The lowest BCUT2D eigenvalue weighted by atomic mass is 9.98. The molecular formula is C12H18BrNO7. The summed E-state index contributed by atoms with van der Waals surface area (Å²) in [6, 6.07) is -0.744. The van der Waals surface area contributed by atoms with Crippen LogP contribution in [0.4, 0.5) is 0 Å². The molecule has 5 atom stereocenters. The highest BCUT2D eigenvalue weighted by Crippen LogP contribution is 2.28. The summed E-state index contributed by atoms with van der Waals surface area (Å²) in [4.78, 5) is 33.4. The average molecular weight is 368 g/mol. The first kappa shape index (κ1) is 17.9. The van der Waals surface area contributed by atoms with Gasteiger partial charge in [-0.25, -0.2) is 0 Å². The minimum Gasteiger partial charge on any atom is -0.463 e. The second-order valence-corrected chi connectivity index (χ2v) is 5.46. The molecule has 1 heterocycles. The molecule has 0 spiro atoms. The lowest BCUT2D eigenvalue weighted by molar-refractivity contribution is -0.208. The molecule has 0 aromatic rings. The van der Waals surface area contributed by atoms with E-state index in [1.807, 2.05) is 0 Å². The Bertz CT molecular complexity index is 416. The molecule has 1 rings (SSSR count). The molecule has 0 amide bonds. The topological polar surface area (TPSA) is 114 Å². The molecule has 0 aromatic heterocycles. The molecule has 21 heavy (non-hydrogen) atoms. The van der Waals surface area contributed by atoms with Crippen LogP contribution in [0.1, 0.15) is 20.8 Å². The third-order valence-corrected chi connectivity index (χ3v) is 3.56. The number of carbonyl (C=O) groups is 3. The molecular weight excluding hydrogens is 350 g/mol. The predicted molar refractivity (Wildman–Crippen MR) is 73.3 cm³/mol. The van der Waals surface area contributed by atoms with Crippen molar-refractivity contribution in [1.82, 2.24) is 0 Å². The van der Waals surface area contributed by atoms with Crippen LogP contribution >= 0.6 is 15.9 Å². The van der Waals surface area contributed by atoms with E-state index in [1.165, 1.54) is 20.8 Å². The first-order valence-corrected chi connectivity index (χ1v) is 7.17. The quantitative estimate of drug-likeness (QED) is 0.414. The number of hydrogen-bond acceptors (Lipinski definition) is 8. The van der Waals surface area contributed by atoms with Gasteiger partial charge < -0.3 is 24.7 Å². The van der Waals surface area contributed by atoms with E-state index in [4.69, 9.17) is 24.7 Å². The number of alkyl halides is 1. The van der Waals surface area contributed by atoms with Gasteiger partial charge in [0.1, 0.15) is 17.7 Å². The van der Waals surface area contributed by atoms with Crippen molar-refractivity contribution in [1.29, 1.82) is 0 Å². The van der Waals surface area contributed by atoms with Crippen molar-refractivity contribution in [2.24, 2.45) is 5.73 Å². The number of ether oxygens (including phenoxy) is 4. The Hall–Kier alpha value is -1.19. The Balaban J connectivity index is 2.94. The smallest absolute Gasteiger partial charge is 0.303 e. The third kappa shape index (κ3) is 5.25. The summed E-state index contributed by atoms with van der Waals surface area (Å²) in [5.41, 5.74) is 5.91. The van der Waals surface area contributed by atoms with Crippen LogP contribution in [0.2, 0.25) is 0 Å². The second kappa shape index (κ2) is 7.71. The first-order chi connectivity index (χ1) is 9.72. The van der Waals surface area contributed by atoms with E-state index in [-0.39, 0.29) is 6.61 Å². The van der Waals surface area contributed by atoms with Crippen LogP contribution in [-0.4, -0.2) is 53.9 Å². The summed E-state index contributed by atoms with van der Waals surface area (Å²) in [5, 5.41) is -0.644. The highest BCUT2D eigenvalue weighted by molar-refractivity contribution is 9.09. The van der Waals surface area contributed by atoms with E-state index in [0.29, 0.717) is 0 Å². The fourth-order valence-corrected chi connectivity index (χ4v) is 2.50. The van der Waals surface area contributed by atoms with Gasteiger partial charge in [-0.2, -0.15) is 0 Å².